The molecular formula is C19H24N6O3. The van der Waals surface area contributed by atoms with Crippen LogP contribution in [0.4, 0.5) is 23.3 Å². The molecule has 148 valence electrons. The Morgan fingerprint density at radius 3 is 2.68 bits per heavy atom. The van der Waals surface area contributed by atoms with Gasteiger partial charge in [0.2, 0.25) is 17.8 Å². The van der Waals surface area contributed by atoms with Crippen molar-refractivity contribution in [3.05, 3.63) is 30.6 Å². The summed E-state index contributed by atoms with van der Waals surface area (Å²) in [6.07, 6.45) is 2.89. The largest absolute Gasteiger partial charge is 0.466 e. The van der Waals surface area contributed by atoms with Gasteiger partial charge in [-0.25, -0.2) is 9.97 Å². The molecule has 1 fully saturated rings. The zero-order valence-corrected chi connectivity index (χ0v) is 16.0. The van der Waals surface area contributed by atoms with Gasteiger partial charge in [-0.3, -0.25) is 9.59 Å². The van der Waals surface area contributed by atoms with Gasteiger partial charge in [0.15, 0.2) is 0 Å². The van der Waals surface area contributed by atoms with Crippen molar-refractivity contribution in [1.29, 1.82) is 0 Å². The number of rotatable bonds is 6. The number of aromatic nitrogens is 3. The number of ether oxygens (including phenoxy) is 1. The van der Waals surface area contributed by atoms with Gasteiger partial charge in [0.25, 0.3) is 0 Å². The molecule has 1 amide bonds. The van der Waals surface area contributed by atoms with Crippen molar-refractivity contribution < 1.29 is 14.3 Å². The van der Waals surface area contributed by atoms with Crippen LogP contribution in [0.2, 0.25) is 0 Å². The van der Waals surface area contributed by atoms with Crippen LogP contribution in [0, 0.1) is 5.92 Å². The van der Waals surface area contributed by atoms with E-state index in [1.54, 1.807) is 12.1 Å². The van der Waals surface area contributed by atoms with Crippen LogP contribution in [0.25, 0.3) is 0 Å². The normalized spacial score (nSPS) is 14.4. The third kappa shape index (κ3) is 5.15. The maximum atomic E-state index is 11.9. The van der Waals surface area contributed by atoms with Crippen LogP contribution in [0.5, 0.6) is 0 Å². The van der Waals surface area contributed by atoms with Crippen molar-refractivity contribution >= 4 is 35.1 Å². The van der Waals surface area contributed by atoms with Crippen LogP contribution >= 0.6 is 0 Å². The van der Waals surface area contributed by atoms with E-state index in [0.717, 1.165) is 5.69 Å². The summed E-state index contributed by atoms with van der Waals surface area (Å²) in [6, 6.07) is 7.30. The molecule has 2 aromatic rings. The molecule has 1 aliphatic rings. The van der Waals surface area contributed by atoms with Gasteiger partial charge in [-0.05, 0) is 38.0 Å². The molecule has 0 aliphatic carbocycles. The second-order valence-corrected chi connectivity index (χ2v) is 6.51. The number of amides is 1. The molecule has 0 saturated carbocycles. The lowest BCUT2D eigenvalue weighted by Crippen LogP contribution is -2.38. The molecule has 1 aliphatic heterocycles. The third-order valence-corrected chi connectivity index (χ3v) is 4.40. The van der Waals surface area contributed by atoms with Crippen molar-refractivity contribution in [2.24, 2.45) is 5.92 Å². The molecule has 2 N–H and O–H groups in total. The van der Waals surface area contributed by atoms with E-state index in [1.807, 2.05) is 24.0 Å². The summed E-state index contributed by atoms with van der Waals surface area (Å²) in [4.78, 5) is 38.0. The van der Waals surface area contributed by atoms with Crippen LogP contribution in [-0.2, 0) is 14.3 Å². The van der Waals surface area contributed by atoms with Crippen LogP contribution in [-0.4, -0.2) is 46.5 Å². The summed E-state index contributed by atoms with van der Waals surface area (Å²) in [5.74, 6) is 0.660. The van der Waals surface area contributed by atoms with Gasteiger partial charge < -0.3 is 20.3 Å². The van der Waals surface area contributed by atoms with E-state index < -0.39 is 0 Å². The van der Waals surface area contributed by atoms with Gasteiger partial charge in [0.1, 0.15) is 6.33 Å². The summed E-state index contributed by atoms with van der Waals surface area (Å²) in [5.41, 5.74) is 1.44. The quantitative estimate of drug-likeness (QED) is 0.731. The Labute approximate surface area is 163 Å². The zero-order valence-electron chi connectivity index (χ0n) is 16.0. The van der Waals surface area contributed by atoms with Gasteiger partial charge in [-0.1, -0.05) is 6.07 Å². The van der Waals surface area contributed by atoms with E-state index in [-0.39, 0.29) is 17.8 Å². The number of anilines is 4. The maximum Gasteiger partial charge on any atom is 0.309 e. The molecule has 0 radical (unpaired) electrons. The lowest BCUT2D eigenvalue weighted by Gasteiger charge is -2.30. The summed E-state index contributed by atoms with van der Waals surface area (Å²) >= 11 is 0. The Kier molecular flexibility index (Phi) is 6.36. The smallest absolute Gasteiger partial charge is 0.309 e. The number of hydrogen-bond acceptors (Lipinski definition) is 8. The Hall–Kier alpha value is -3.23. The number of nitrogens with one attached hydrogen (secondary N) is 2. The van der Waals surface area contributed by atoms with E-state index in [9.17, 15) is 9.59 Å². The summed E-state index contributed by atoms with van der Waals surface area (Å²) in [5, 5.41) is 5.86. The van der Waals surface area contributed by atoms with Gasteiger partial charge in [-0.2, -0.15) is 4.98 Å². The molecule has 28 heavy (non-hydrogen) atoms. The fourth-order valence-electron chi connectivity index (χ4n) is 3.08. The van der Waals surface area contributed by atoms with Crippen molar-refractivity contribution in [3.8, 4) is 0 Å². The van der Waals surface area contributed by atoms with E-state index in [4.69, 9.17) is 4.74 Å². The molecular weight excluding hydrogens is 360 g/mol. The van der Waals surface area contributed by atoms with Crippen LogP contribution in [0.15, 0.2) is 30.6 Å². The molecule has 2 heterocycles. The second kappa shape index (κ2) is 9.12. The van der Waals surface area contributed by atoms with Crippen LogP contribution < -0.4 is 15.5 Å². The van der Waals surface area contributed by atoms with Gasteiger partial charge in [0, 0.05) is 31.4 Å². The summed E-state index contributed by atoms with van der Waals surface area (Å²) in [6.45, 7) is 5.06. The van der Waals surface area contributed by atoms with Crippen LogP contribution in [0.3, 0.4) is 0 Å². The Morgan fingerprint density at radius 1 is 1.21 bits per heavy atom. The number of carbonyl (C=O) groups is 2. The van der Waals surface area contributed by atoms with Crippen molar-refractivity contribution in [2.45, 2.75) is 26.7 Å². The molecule has 0 atom stereocenters. The lowest BCUT2D eigenvalue weighted by atomic mass is 9.97. The fourth-order valence-corrected chi connectivity index (χ4v) is 3.08. The highest BCUT2D eigenvalue weighted by atomic mass is 16.5. The predicted molar refractivity (Wildman–Crippen MR) is 105 cm³/mol. The second-order valence-electron chi connectivity index (χ2n) is 6.51. The van der Waals surface area contributed by atoms with Crippen molar-refractivity contribution in [1.82, 2.24) is 15.0 Å². The van der Waals surface area contributed by atoms with Crippen LogP contribution in [0.1, 0.15) is 26.7 Å². The first-order valence-electron chi connectivity index (χ1n) is 9.30. The van der Waals surface area contributed by atoms with Crippen molar-refractivity contribution in [3.63, 3.8) is 0 Å². The number of benzene rings is 1. The zero-order chi connectivity index (χ0) is 19.9. The topological polar surface area (TPSA) is 109 Å². The highest BCUT2D eigenvalue weighted by Crippen LogP contribution is 2.23. The molecule has 9 heteroatoms. The van der Waals surface area contributed by atoms with Crippen molar-refractivity contribution in [2.75, 3.05) is 35.2 Å². The molecule has 9 nitrogen and oxygen atoms in total. The third-order valence-electron chi connectivity index (χ3n) is 4.40. The van der Waals surface area contributed by atoms with E-state index >= 15 is 0 Å². The number of esters is 1. The Balaban J connectivity index is 1.63. The molecule has 0 bridgehead atoms. The summed E-state index contributed by atoms with van der Waals surface area (Å²) < 4.78 is 5.11. The van der Waals surface area contributed by atoms with E-state index in [1.165, 1.54) is 13.3 Å². The minimum atomic E-state index is -0.134. The average Bonchev–Trinajstić information content (AvgIpc) is 2.68. The Morgan fingerprint density at radius 2 is 1.96 bits per heavy atom. The molecule has 1 aromatic carbocycles. The number of nitrogens with zero attached hydrogens (tertiary/aromatic N) is 4. The summed E-state index contributed by atoms with van der Waals surface area (Å²) in [7, 11) is 0. The minimum Gasteiger partial charge on any atom is -0.466 e. The lowest BCUT2D eigenvalue weighted by molar-refractivity contribution is -0.148. The monoisotopic (exact) mass is 384 g/mol. The van der Waals surface area contributed by atoms with Gasteiger partial charge in [0.05, 0.1) is 12.5 Å². The highest BCUT2D eigenvalue weighted by molar-refractivity contribution is 5.89. The number of piperidine rings is 1. The number of hydrogen-bond donors (Lipinski definition) is 2. The Bertz CT molecular complexity index is 836. The fraction of sp³-hybridized carbons (Fsp3) is 0.421. The van der Waals surface area contributed by atoms with E-state index in [2.05, 4.69) is 25.6 Å². The first-order valence-corrected chi connectivity index (χ1v) is 9.30. The minimum absolute atomic E-state index is 0.0628. The molecule has 0 unspecified atom stereocenters. The average molecular weight is 384 g/mol. The predicted octanol–water partition coefficient (Wildman–Crippen LogP) is 2.35. The first kappa shape index (κ1) is 19.5. The SMILES string of the molecule is CCOC(=O)C1CCN(c2ncnc(Nc3cccc(NC(C)=O)c3)n2)CC1. The molecule has 1 saturated heterocycles. The standard InChI is InChI=1S/C19H24N6O3/c1-3-28-17(27)14-7-9-25(10-8-14)19-21-12-20-18(24-19)23-16-6-4-5-15(11-16)22-13(2)26/h4-6,11-12,14H,3,7-10H2,1-2H3,(H,22,26)(H,20,21,23,24). The molecule has 1 aromatic heterocycles. The van der Waals surface area contributed by atoms with E-state index in [0.29, 0.717) is 50.1 Å². The molecule has 0 spiro atoms. The molecule has 3 rings (SSSR count). The first-order chi connectivity index (χ1) is 13.5. The van der Waals surface area contributed by atoms with Gasteiger partial charge in [-0.15, -0.1) is 0 Å². The van der Waals surface area contributed by atoms with Gasteiger partial charge >= 0.3 is 5.97 Å². The maximum absolute atomic E-state index is 11.9. The number of carbonyl (C=O) groups excluding carboxylic acids is 2. The highest BCUT2D eigenvalue weighted by Gasteiger charge is 2.27.